The molecule has 4 heterocycles. The van der Waals surface area contributed by atoms with E-state index in [9.17, 15) is 0 Å². The van der Waals surface area contributed by atoms with Crippen molar-refractivity contribution in [2.24, 2.45) is 10.9 Å². The van der Waals surface area contributed by atoms with Crippen molar-refractivity contribution in [1.82, 2.24) is 30.3 Å². The van der Waals surface area contributed by atoms with Crippen LogP contribution in [0.1, 0.15) is 35.8 Å². The summed E-state index contributed by atoms with van der Waals surface area (Å²) < 4.78 is 7.16. The highest BCUT2D eigenvalue weighted by Gasteiger charge is 2.23. The normalized spacial score (nSPS) is 20.2. The molecule has 1 atom stereocenters. The summed E-state index contributed by atoms with van der Waals surface area (Å²) >= 11 is 1.86. The number of aliphatic imine (C=N–C) groups is 1. The van der Waals surface area contributed by atoms with Crippen molar-refractivity contribution in [3.63, 3.8) is 0 Å². The lowest BCUT2D eigenvalue weighted by molar-refractivity contribution is 0.177. The monoisotopic (exact) mass is 559 g/mol. The topological polar surface area (TPSA) is 79.6 Å². The SMILES string of the molecule is CN=C(NCC1CCN(Cc2cccs2)CC1)NC1CCc2nc(COC)nn2C1.I. The van der Waals surface area contributed by atoms with Gasteiger partial charge in [-0.25, -0.2) is 9.67 Å². The molecule has 2 N–H and O–H groups in total. The van der Waals surface area contributed by atoms with Crippen LogP contribution in [-0.4, -0.2) is 65.5 Å². The molecule has 0 aliphatic carbocycles. The summed E-state index contributed by atoms with van der Waals surface area (Å²) in [5.74, 6) is 3.41. The number of guanidine groups is 1. The Morgan fingerprint density at radius 3 is 2.87 bits per heavy atom. The molecule has 1 fully saturated rings. The first-order valence-corrected chi connectivity index (χ1v) is 11.7. The van der Waals surface area contributed by atoms with Crippen molar-refractivity contribution in [3.8, 4) is 0 Å². The van der Waals surface area contributed by atoms with E-state index < -0.39 is 0 Å². The summed E-state index contributed by atoms with van der Waals surface area (Å²) in [7, 11) is 3.52. The highest BCUT2D eigenvalue weighted by atomic mass is 127. The van der Waals surface area contributed by atoms with Gasteiger partial charge in [-0.2, -0.15) is 5.10 Å². The van der Waals surface area contributed by atoms with Crippen LogP contribution in [0.4, 0.5) is 0 Å². The summed E-state index contributed by atoms with van der Waals surface area (Å²) in [5, 5.41) is 13.8. The van der Waals surface area contributed by atoms with Gasteiger partial charge in [-0.05, 0) is 49.7 Å². The number of fused-ring (bicyclic) bond motifs is 1. The molecule has 2 aromatic heterocycles. The largest absolute Gasteiger partial charge is 0.377 e. The third kappa shape index (κ3) is 6.87. The molecule has 2 aliphatic heterocycles. The maximum atomic E-state index is 5.15. The van der Waals surface area contributed by atoms with Crippen LogP contribution in [0.25, 0.3) is 0 Å². The Kier molecular flexibility index (Phi) is 9.54. The minimum Gasteiger partial charge on any atom is -0.377 e. The molecule has 8 nitrogen and oxygen atoms in total. The number of ether oxygens (including phenoxy) is 1. The van der Waals surface area contributed by atoms with Gasteiger partial charge in [-0.15, -0.1) is 35.3 Å². The van der Waals surface area contributed by atoms with Gasteiger partial charge >= 0.3 is 0 Å². The zero-order chi connectivity index (χ0) is 20.8. The molecule has 0 bridgehead atoms. The Balaban J connectivity index is 0.00000272. The molecule has 0 spiro atoms. The Morgan fingerprint density at radius 1 is 1.32 bits per heavy atom. The Labute approximate surface area is 205 Å². The number of rotatable bonds is 7. The van der Waals surface area contributed by atoms with Crippen molar-refractivity contribution < 1.29 is 4.74 Å². The molecule has 2 aliphatic rings. The quantitative estimate of drug-likeness (QED) is 0.309. The van der Waals surface area contributed by atoms with Crippen LogP contribution in [0.5, 0.6) is 0 Å². The standard InChI is InChI=1S/C21H33N7OS.HI/c1-22-21(24-17-5-6-20-25-19(15-29-2)26-28(20)13-17)23-12-16-7-9-27(10-8-16)14-18-4-3-11-30-18;/h3-4,11,16-17H,5-10,12-15H2,1-2H3,(H2,22,23,24);1H. The van der Waals surface area contributed by atoms with E-state index in [1.54, 1.807) is 7.11 Å². The molecule has 31 heavy (non-hydrogen) atoms. The first kappa shape index (κ1) is 24.4. The van der Waals surface area contributed by atoms with E-state index in [0.29, 0.717) is 18.6 Å². The molecule has 1 unspecified atom stereocenters. The lowest BCUT2D eigenvalue weighted by Crippen LogP contribution is -2.48. The highest BCUT2D eigenvalue weighted by Crippen LogP contribution is 2.20. The van der Waals surface area contributed by atoms with E-state index in [1.165, 1.54) is 30.8 Å². The number of likely N-dealkylation sites (tertiary alicyclic amines) is 1. The zero-order valence-electron chi connectivity index (χ0n) is 18.4. The van der Waals surface area contributed by atoms with Crippen LogP contribution in [0, 0.1) is 5.92 Å². The number of hydrogen-bond acceptors (Lipinski definition) is 6. The number of nitrogens with zero attached hydrogens (tertiary/aromatic N) is 5. The van der Waals surface area contributed by atoms with E-state index in [2.05, 4.69) is 48.1 Å². The van der Waals surface area contributed by atoms with Gasteiger partial charge in [0.15, 0.2) is 11.8 Å². The van der Waals surface area contributed by atoms with Gasteiger partial charge in [-0.1, -0.05) is 6.07 Å². The number of methoxy groups -OCH3 is 1. The fourth-order valence-electron chi connectivity index (χ4n) is 4.27. The lowest BCUT2D eigenvalue weighted by atomic mass is 9.97. The molecule has 0 saturated carbocycles. The molecule has 0 amide bonds. The maximum absolute atomic E-state index is 5.15. The number of aryl methyl sites for hydroxylation is 1. The van der Waals surface area contributed by atoms with Crippen molar-refractivity contribution in [2.45, 2.75) is 51.4 Å². The fraction of sp³-hybridized carbons (Fsp3) is 0.667. The predicted molar refractivity (Wildman–Crippen MR) is 135 cm³/mol. The second-order valence-corrected chi connectivity index (χ2v) is 9.22. The van der Waals surface area contributed by atoms with E-state index in [4.69, 9.17) is 4.74 Å². The number of halogens is 1. The van der Waals surface area contributed by atoms with Gasteiger partial charge in [-0.3, -0.25) is 9.89 Å². The van der Waals surface area contributed by atoms with Crippen LogP contribution < -0.4 is 10.6 Å². The Morgan fingerprint density at radius 2 is 2.16 bits per heavy atom. The lowest BCUT2D eigenvalue weighted by Gasteiger charge is -2.32. The average molecular weight is 560 g/mol. The summed E-state index contributed by atoms with van der Waals surface area (Å²) in [5.41, 5.74) is 0. The minimum absolute atomic E-state index is 0. The number of thiophene rings is 1. The van der Waals surface area contributed by atoms with E-state index in [0.717, 1.165) is 50.1 Å². The zero-order valence-corrected chi connectivity index (χ0v) is 21.6. The number of nitrogens with one attached hydrogen (secondary N) is 2. The van der Waals surface area contributed by atoms with Crippen LogP contribution in [0.15, 0.2) is 22.5 Å². The second-order valence-electron chi connectivity index (χ2n) is 8.19. The van der Waals surface area contributed by atoms with Crippen LogP contribution in [0.3, 0.4) is 0 Å². The van der Waals surface area contributed by atoms with E-state index in [1.807, 2.05) is 23.1 Å². The second kappa shape index (κ2) is 12.1. The molecule has 172 valence electrons. The summed E-state index contributed by atoms with van der Waals surface area (Å²) in [6, 6.07) is 4.69. The third-order valence-corrected chi connectivity index (χ3v) is 6.83. The van der Waals surface area contributed by atoms with E-state index in [-0.39, 0.29) is 24.0 Å². The van der Waals surface area contributed by atoms with Gasteiger partial charge in [0, 0.05) is 44.6 Å². The first-order valence-electron chi connectivity index (χ1n) is 10.9. The molecule has 10 heteroatoms. The molecule has 4 rings (SSSR count). The minimum atomic E-state index is 0. The molecule has 0 radical (unpaired) electrons. The summed E-state index contributed by atoms with van der Waals surface area (Å²) in [4.78, 5) is 13.0. The van der Waals surface area contributed by atoms with Crippen molar-refractivity contribution in [3.05, 3.63) is 34.0 Å². The average Bonchev–Trinajstić information content (AvgIpc) is 3.41. The van der Waals surface area contributed by atoms with Crippen molar-refractivity contribution in [2.75, 3.05) is 33.8 Å². The first-order chi connectivity index (χ1) is 14.7. The molecule has 2 aromatic rings. The highest BCUT2D eigenvalue weighted by molar-refractivity contribution is 14.0. The van der Waals surface area contributed by atoms with Crippen molar-refractivity contribution in [1.29, 1.82) is 0 Å². The Bertz CT molecular complexity index is 818. The van der Waals surface area contributed by atoms with Crippen molar-refractivity contribution >= 4 is 41.3 Å². The van der Waals surface area contributed by atoms with Gasteiger partial charge < -0.3 is 15.4 Å². The predicted octanol–water partition coefficient (Wildman–Crippen LogP) is 2.50. The van der Waals surface area contributed by atoms with Gasteiger partial charge in [0.1, 0.15) is 12.4 Å². The van der Waals surface area contributed by atoms with Crippen LogP contribution in [0.2, 0.25) is 0 Å². The third-order valence-electron chi connectivity index (χ3n) is 5.96. The number of piperidine rings is 1. The molecular formula is C21H34IN7OS. The Hall–Kier alpha value is -1.24. The van der Waals surface area contributed by atoms with Gasteiger partial charge in [0.25, 0.3) is 0 Å². The number of hydrogen-bond donors (Lipinski definition) is 2. The number of aromatic nitrogens is 3. The van der Waals surface area contributed by atoms with Gasteiger partial charge in [0.2, 0.25) is 0 Å². The summed E-state index contributed by atoms with van der Waals surface area (Å²) in [6.45, 7) is 5.71. The molecule has 0 aromatic carbocycles. The van der Waals surface area contributed by atoms with E-state index >= 15 is 0 Å². The molecular weight excluding hydrogens is 525 g/mol. The fourth-order valence-corrected chi connectivity index (χ4v) is 5.02. The molecule has 1 saturated heterocycles. The summed E-state index contributed by atoms with van der Waals surface area (Å²) in [6.07, 6.45) is 4.44. The smallest absolute Gasteiger partial charge is 0.191 e. The maximum Gasteiger partial charge on any atom is 0.191 e. The van der Waals surface area contributed by atoms with Crippen LogP contribution in [-0.2, 0) is 30.9 Å². The van der Waals surface area contributed by atoms with Gasteiger partial charge in [0.05, 0.1) is 6.54 Å². The van der Waals surface area contributed by atoms with Crippen LogP contribution >= 0.6 is 35.3 Å².